The number of halogens is 4. The maximum atomic E-state index is 12.8. The van der Waals surface area contributed by atoms with Crippen molar-refractivity contribution in [3.8, 4) is 0 Å². The van der Waals surface area contributed by atoms with Crippen LogP contribution in [0.25, 0.3) is 0 Å². The van der Waals surface area contributed by atoms with E-state index in [9.17, 15) is 21.6 Å². The number of hydrogen-bond acceptors (Lipinski definition) is 3. The van der Waals surface area contributed by atoms with Crippen molar-refractivity contribution in [2.24, 2.45) is 5.73 Å². The molecule has 128 valence electrons. The first-order chi connectivity index (χ1) is 10.5. The van der Waals surface area contributed by atoms with E-state index in [0.29, 0.717) is 0 Å². The summed E-state index contributed by atoms with van der Waals surface area (Å²) in [4.78, 5) is -0.0411. The van der Waals surface area contributed by atoms with Gasteiger partial charge >= 0.3 is 6.18 Å². The fourth-order valence-electron chi connectivity index (χ4n) is 1.79. The number of alkyl halides is 3. The summed E-state index contributed by atoms with van der Waals surface area (Å²) in [6.07, 6.45) is -3.22. The summed E-state index contributed by atoms with van der Waals surface area (Å²) in [5, 5.41) is 0. The minimum absolute atomic E-state index is 0.00343. The lowest BCUT2D eigenvalue weighted by Crippen LogP contribution is -2.38. The summed E-state index contributed by atoms with van der Waals surface area (Å²) in [6, 6.07) is 3.00. The maximum Gasteiger partial charge on any atom is 0.416 e. The third-order valence-corrected chi connectivity index (χ3v) is 5.04. The standard InChI is InChI=1S/C13H14BrF3N2O2S2/c1-2-3-19(7-12(18)22)23(20,21)8-9-4-10(13(15,16)17)6-11(14)5-9/h2,4-6H,1,3,7-8H2,(H2,18,22). The van der Waals surface area contributed by atoms with Gasteiger partial charge in [0.15, 0.2) is 0 Å². The van der Waals surface area contributed by atoms with Crippen LogP contribution in [0.4, 0.5) is 13.2 Å². The van der Waals surface area contributed by atoms with Crippen LogP contribution in [0.1, 0.15) is 11.1 Å². The number of rotatable bonds is 7. The quantitative estimate of drug-likeness (QED) is 0.533. The molecule has 0 heterocycles. The summed E-state index contributed by atoms with van der Waals surface area (Å²) in [5.41, 5.74) is 4.43. The van der Waals surface area contributed by atoms with Crippen molar-refractivity contribution in [1.29, 1.82) is 0 Å². The summed E-state index contributed by atoms with van der Waals surface area (Å²) < 4.78 is 64.3. The summed E-state index contributed by atoms with van der Waals surface area (Å²) in [6.45, 7) is 3.20. The van der Waals surface area contributed by atoms with E-state index in [4.69, 9.17) is 18.0 Å². The number of sulfonamides is 1. The molecule has 0 fully saturated rings. The second kappa shape index (κ2) is 7.73. The molecule has 0 amide bonds. The van der Waals surface area contributed by atoms with Gasteiger partial charge in [0.05, 0.1) is 22.8 Å². The monoisotopic (exact) mass is 430 g/mol. The lowest BCUT2D eigenvalue weighted by atomic mass is 10.1. The van der Waals surface area contributed by atoms with E-state index >= 15 is 0 Å². The lowest BCUT2D eigenvalue weighted by molar-refractivity contribution is -0.137. The molecule has 1 aromatic rings. The second-order valence-electron chi connectivity index (χ2n) is 4.65. The SMILES string of the molecule is C=CCN(CC(N)=S)S(=O)(=O)Cc1cc(Br)cc(C(F)(F)F)c1. The highest BCUT2D eigenvalue weighted by Gasteiger charge is 2.32. The first kappa shape index (κ1) is 20.1. The van der Waals surface area contributed by atoms with Crippen LogP contribution >= 0.6 is 28.1 Å². The highest BCUT2D eigenvalue weighted by Crippen LogP contribution is 2.32. The van der Waals surface area contributed by atoms with Crippen molar-refractivity contribution in [1.82, 2.24) is 4.31 Å². The van der Waals surface area contributed by atoms with Crippen LogP contribution in [0.15, 0.2) is 35.3 Å². The molecule has 0 saturated heterocycles. The zero-order chi connectivity index (χ0) is 17.8. The average molecular weight is 431 g/mol. The molecule has 0 aliphatic carbocycles. The highest BCUT2D eigenvalue weighted by molar-refractivity contribution is 9.10. The molecule has 0 unspecified atom stereocenters. The van der Waals surface area contributed by atoms with Crippen molar-refractivity contribution >= 4 is 43.2 Å². The smallest absolute Gasteiger partial charge is 0.392 e. The van der Waals surface area contributed by atoms with Gasteiger partial charge in [-0.1, -0.05) is 34.2 Å². The molecule has 0 aliphatic rings. The predicted molar refractivity (Wildman–Crippen MR) is 90.3 cm³/mol. The van der Waals surface area contributed by atoms with Crippen LogP contribution in [0.5, 0.6) is 0 Å². The van der Waals surface area contributed by atoms with Crippen LogP contribution in [0.3, 0.4) is 0 Å². The molecule has 0 atom stereocenters. The van der Waals surface area contributed by atoms with Crippen molar-refractivity contribution in [2.75, 3.05) is 13.1 Å². The van der Waals surface area contributed by atoms with Gasteiger partial charge in [-0.3, -0.25) is 0 Å². The molecule has 0 aliphatic heterocycles. The van der Waals surface area contributed by atoms with Crippen molar-refractivity contribution in [3.63, 3.8) is 0 Å². The van der Waals surface area contributed by atoms with Gasteiger partial charge in [-0.05, 0) is 23.8 Å². The van der Waals surface area contributed by atoms with Crippen LogP contribution in [0, 0.1) is 0 Å². The molecule has 10 heteroatoms. The summed E-state index contributed by atoms with van der Waals surface area (Å²) in [5.74, 6) is -0.605. The third-order valence-electron chi connectivity index (χ3n) is 2.69. The zero-order valence-electron chi connectivity index (χ0n) is 11.8. The normalized spacial score (nSPS) is 12.4. The largest absolute Gasteiger partial charge is 0.416 e. The zero-order valence-corrected chi connectivity index (χ0v) is 15.0. The number of thiocarbonyl (C=S) groups is 1. The van der Waals surface area contributed by atoms with Gasteiger partial charge in [-0.15, -0.1) is 6.58 Å². The lowest BCUT2D eigenvalue weighted by Gasteiger charge is -2.20. The van der Waals surface area contributed by atoms with Gasteiger partial charge in [0.25, 0.3) is 0 Å². The Bertz CT molecular complexity index is 706. The molecule has 0 radical (unpaired) electrons. The maximum absolute atomic E-state index is 12.8. The third kappa shape index (κ3) is 6.21. The Kier molecular flexibility index (Phi) is 6.75. The minimum atomic E-state index is -4.57. The molecule has 23 heavy (non-hydrogen) atoms. The molecule has 4 nitrogen and oxygen atoms in total. The van der Waals surface area contributed by atoms with Crippen LogP contribution in [0.2, 0.25) is 0 Å². The molecular formula is C13H14BrF3N2O2S2. The van der Waals surface area contributed by atoms with Gasteiger partial charge in [0.2, 0.25) is 10.0 Å². The van der Waals surface area contributed by atoms with E-state index < -0.39 is 27.5 Å². The Morgan fingerprint density at radius 2 is 2.00 bits per heavy atom. The van der Waals surface area contributed by atoms with E-state index in [0.717, 1.165) is 16.4 Å². The average Bonchev–Trinajstić information content (AvgIpc) is 2.35. The van der Waals surface area contributed by atoms with Gasteiger partial charge in [-0.2, -0.15) is 17.5 Å². The van der Waals surface area contributed by atoms with Gasteiger partial charge < -0.3 is 5.73 Å². The van der Waals surface area contributed by atoms with Crippen molar-refractivity contribution in [2.45, 2.75) is 11.9 Å². The summed E-state index contributed by atoms with van der Waals surface area (Å²) in [7, 11) is -3.91. The Hall–Kier alpha value is -0.970. The Morgan fingerprint density at radius 3 is 2.48 bits per heavy atom. The molecule has 0 aromatic heterocycles. The Balaban J connectivity index is 3.15. The molecule has 0 spiro atoms. The van der Waals surface area contributed by atoms with Gasteiger partial charge in [-0.25, -0.2) is 8.42 Å². The fraction of sp³-hybridized carbons (Fsp3) is 0.308. The molecule has 1 aromatic carbocycles. The first-order valence-corrected chi connectivity index (χ1v) is 9.00. The summed E-state index contributed by atoms with van der Waals surface area (Å²) >= 11 is 7.65. The number of nitrogens with two attached hydrogens (primary N) is 1. The highest BCUT2D eigenvalue weighted by atomic mass is 79.9. The molecule has 2 N–H and O–H groups in total. The van der Waals surface area contributed by atoms with Crippen molar-refractivity contribution in [3.05, 3.63) is 46.5 Å². The van der Waals surface area contributed by atoms with E-state index in [1.54, 1.807) is 0 Å². The Morgan fingerprint density at radius 1 is 1.39 bits per heavy atom. The van der Waals surface area contributed by atoms with E-state index in [1.807, 2.05) is 0 Å². The fourth-order valence-corrected chi connectivity index (χ4v) is 4.01. The molecular weight excluding hydrogens is 417 g/mol. The van der Waals surface area contributed by atoms with E-state index in [1.165, 1.54) is 12.1 Å². The second-order valence-corrected chi connectivity index (χ2v) is 8.06. The predicted octanol–water partition coefficient (Wildman–Crippen LogP) is 3.07. The molecule has 1 rings (SSSR count). The number of benzene rings is 1. The van der Waals surface area contributed by atoms with Gasteiger partial charge in [0.1, 0.15) is 0 Å². The van der Waals surface area contributed by atoms with Crippen molar-refractivity contribution < 1.29 is 21.6 Å². The van der Waals surface area contributed by atoms with Gasteiger partial charge in [0, 0.05) is 11.0 Å². The number of nitrogens with zero attached hydrogens (tertiary/aromatic N) is 1. The van der Waals surface area contributed by atoms with Crippen LogP contribution < -0.4 is 5.73 Å². The van der Waals surface area contributed by atoms with E-state index in [2.05, 4.69) is 22.5 Å². The minimum Gasteiger partial charge on any atom is -0.392 e. The first-order valence-electron chi connectivity index (χ1n) is 6.19. The topological polar surface area (TPSA) is 63.4 Å². The molecule has 0 saturated carbocycles. The Labute approximate surface area is 146 Å². The molecule has 0 bridgehead atoms. The van der Waals surface area contributed by atoms with Crippen LogP contribution in [-0.4, -0.2) is 30.8 Å². The number of hydrogen-bond donors (Lipinski definition) is 1. The van der Waals surface area contributed by atoms with E-state index in [-0.39, 0.29) is 28.1 Å². The van der Waals surface area contributed by atoms with Crippen LogP contribution in [-0.2, 0) is 22.0 Å².